The van der Waals surface area contributed by atoms with Gasteiger partial charge in [0.15, 0.2) is 0 Å². The lowest BCUT2D eigenvalue weighted by Gasteiger charge is -2.21. The van der Waals surface area contributed by atoms with E-state index in [1.54, 1.807) is 0 Å². The molecule has 1 aromatic carbocycles. The third-order valence-corrected chi connectivity index (χ3v) is 2.68. The number of carbonyl (C=O) groups is 2. The van der Waals surface area contributed by atoms with Gasteiger partial charge in [0, 0.05) is 13.0 Å². The van der Waals surface area contributed by atoms with Crippen molar-refractivity contribution in [3.05, 3.63) is 35.9 Å². The van der Waals surface area contributed by atoms with Gasteiger partial charge in [-0.25, -0.2) is 0 Å². The number of carbonyl (C=O) groups excluding carboxylic acids is 1. The molecular weight excluding hydrogens is 246 g/mol. The van der Waals surface area contributed by atoms with E-state index in [2.05, 4.69) is 5.32 Å². The quantitative estimate of drug-likeness (QED) is 0.685. The molecule has 0 aliphatic carbocycles. The fourth-order valence-corrected chi connectivity index (χ4v) is 1.67. The van der Waals surface area contributed by atoms with Crippen LogP contribution in [0.15, 0.2) is 30.3 Å². The Morgan fingerprint density at radius 1 is 1.26 bits per heavy atom. The van der Waals surface area contributed by atoms with Gasteiger partial charge >= 0.3 is 5.97 Å². The maximum absolute atomic E-state index is 11.6. The molecular formula is C14H19NO4. The van der Waals surface area contributed by atoms with Gasteiger partial charge in [0.25, 0.3) is 0 Å². The third kappa shape index (κ3) is 6.57. The summed E-state index contributed by atoms with van der Waals surface area (Å²) in [5, 5.41) is 20.9. The molecule has 0 fully saturated rings. The van der Waals surface area contributed by atoms with Gasteiger partial charge < -0.3 is 15.5 Å². The van der Waals surface area contributed by atoms with Gasteiger partial charge in [-0.3, -0.25) is 9.59 Å². The number of aliphatic carboxylic acids is 1. The van der Waals surface area contributed by atoms with Crippen LogP contribution in [0.2, 0.25) is 0 Å². The number of hydrogen-bond acceptors (Lipinski definition) is 3. The average Bonchev–Trinajstić information content (AvgIpc) is 2.34. The molecule has 0 saturated carbocycles. The van der Waals surface area contributed by atoms with Crippen LogP contribution >= 0.6 is 0 Å². The molecule has 0 spiro atoms. The smallest absolute Gasteiger partial charge is 0.306 e. The monoisotopic (exact) mass is 265 g/mol. The second-order valence-electron chi connectivity index (χ2n) is 4.83. The summed E-state index contributed by atoms with van der Waals surface area (Å²) >= 11 is 0. The van der Waals surface area contributed by atoms with Crippen LogP contribution < -0.4 is 5.32 Å². The molecule has 1 rings (SSSR count). The molecule has 0 aliphatic rings. The molecule has 3 N–H and O–H groups in total. The van der Waals surface area contributed by atoms with E-state index in [9.17, 15) is 14.7 Å². The van der Waals surface area contributed by atoms with E-state index in [0.29, 0.717) is 12.8 Å². The second-order valence-corrected chi connectivity index (χ2v) is 4.83. The molecule has 0 radical (unpaired) electrons. The molecule has 0 saturated heterocycles. The first kappa shape index (κ1) is 15.2. The molecule has 19 heavy (non-hydrogen) atoms. The summed E-state index contributed by atoms with van der Waals surface area (Å²) in [6, 6.07) is 9.60. The Morgan fingerprint density at radius 3 is 2.47 bits per heavy atom. The Kier molecular flexibility index (Phi) is 5.51. The van der Waals surface area contributed by atoms with Crippen molar-refractivity contribution in [1.82, 2.24) is 5.32 Å². The molecule has 0 bridgehead atoms. The number of hydrogen-bond donors (Lipinski definition) is 3. The summed E-state index contributed by atoms with van der Waals surface area (Å²) in [4.78, 5) is 22.1. The molecule has 1 aromatic rings. The molecule has 0 aromatic heterocycles. The predicted molar refractivity (Wildman–Crippen MR) is 70.6 cm³/mol. The lowest BCUT2D eigenvalue weighted by atomic mass is 10.0. The van der Waals surface area contributed by atoms with Crippen molar-refractivity contribution >= 4 is 11.9 Å². The predicted octanol–water partition coefficient (Wildman–Crippen LogP) is 0.961. The largest absolute Gasteiger partial charge is 0.481 e. The lowest BCUT2D eigenvalue weighted by Crippen LogP contribution is -2.42. The molecule has 5 nitrogen and oxygen atoms in total. The molecule has 0 heterocycles. The van der Waals surface area contributed by atoms with Crippen molar-refractivity contribution in [2.75, 3.05) is 6.54 Å². The van der Waals surface area contributed by atoms with Gasteiger partial charge in [-0.2, -0.15) is 0 Å². The van der Waals surface area contributed by atoms with E-state index in [1.165, 1.54) is 6.92 Å². The minimum absolute atomic E-state index is 0.0626. The van der Waals surface area contributed by atoms with E-state index in [-0.39, 0.29) is 12.5 Å². The summed E-state index contributed by atoms with van der Waals surface area (Å²) < 4.78 is 0. The van der Waals surface area contributed by atoms with Gasteiger partial charge in [0.1, 0.15) is 0 Å². The Labute approximate surface area is 112 Å². The Hall–Kier alpha value is -1.88. The summed E-state index contributed by atoms with van der Waals surface area (Å²) in [6.45, 7) is 1.32. The summed E-state index contributed by atoms with van der Waals surface area (Å²) in [5.74, 6) is -1.29. The topological polar surface area (TPSA) is 86.6 Å². The number of amides is 1. The lowest BCUT2D eigenvalue weighted by molar-refractivity contribution is -0.142. The standard InChI is InChI=1S/C14H19NO4/c1-14(19,9-13(17)18)10-15-12(16)8-7-11-5-3-2-4-6-11/h2-6,19H,7-10H2,1H3,(H,15,16)(H,17,18). The minimum atomic E-state index is -1.42. The van der Waals surface area contributed by atoms with Gasteiger partial charge in [0.2, 0.25) is 5.91 Å². The summed E-state index contributed by atoms with van der Waals surface area (Å²) in [6.07, 6.45) is 0.535. The molecule has 1 atom stereocenters. The maximum atomic E-state index is 11.6. The number of benzene rings is 1. The fourth-order valence-electron chi connectivity index (χ4n) is 1.67. The van der Waals surface area contributed by atoms with E-state index < -0.39 is 18.0 Å². The highest BCUT2D eigenvalue weighted by Gasteiger charge is 2.24. The van der Waals surface area contributed by atoms with Crippen LogP contribution in [-0.2, 0) is 16.0 Å². The first-order valence-electron chi connectivity index (χ1n) is 6.14. The van der Waals surface area contributed by atoms with Crippen molar-refractivity contribution in [1.29, 1.82) is 0 Å². The number of rotatable bonds is 7. The molecule has 0 aliphatic heterocycles. The average molecular weight is 265 g/mol. The fraction of sp³-hybridized carbons (Fsp3) is 0.429. The van der Waals surface area contributed by atoms with Crippen LogP contribution in [-0.4, -0.2) is 34.2 Å². The highest BCUT2D eigenvalue weighted by atomic mass is 16.4. The van der Waals surface area contributed by atoms with Crippen molar-refractivity contribution < 1.29 is 19.8 Å². The van der Waals surface area contributed by atoms with Crippen LogP contribution in [0.5, 0.6) is 0 Å². The number of aliphatic hydroxyl groups is 1. The van der Waals surface area contributed by atoms with Crippen molar-refractivity contribution in [3.63, 3.8) is 0 Å². The van der Waals surface area contributed by atoms with Crippen molar-refractivity contribution in [2.45, 2.75) is 31.8 Å². The zero-order chi connectivity index (χ0) is 14.3. The Morgan fingerprint density at radius 2 is 1.89 bits per heavy atom. The highest BCUT2D eigenvalue weighted by molar-refractivity contribution is 5.76. The minimum Gasteiger partial charge on any atom is -0.481 e. The molecule has 1 amide bonds. The van der Waals surface area contributed by atoms with Crippen molar-refractivity contribution in [3.8, 4) is 0 Å². The van der Waals surface area contributed by atoms with Crippen LogP contribution in [0.25, 0.3) is 0 Å². The van der Waals surface area contributed by atoms with Gasteiger partial charge in [-0.1, -0.05) is 30.3 Å². The van der Waals surface area contributed by atoms with E-state index in [4.69, 9.17) is 5.11 Å². The van der Waals surface area contributed by atoms with E-state index >= 15 is 0 Å². The number of carboxylic acids is 1. The number of carboxylic acid groups (broad SMARTS) is 1. The van der Waals surface area contributed by atoms with Gasteiger partial charge in [0.05, 0.1) is 12.0 Å². The van der Waals surface area contributed by atoms with Crippen LogP contribution in [0, 0.1) is 0 Å². The first-order valence-corrected chi connectivity index (χ1v) is 6.14. The van der Waals surface area contributed by atoms with E-state index in [1.807, 2.05) is 30.3 Å². The first-order chi connectivity index (χ1) is 8.89. The molecule has 1 unspecified atom stereocenters. The number of aryl methyl sites for hydroxylation is 1. The van der Waals surface area contributed by atoms with Crippen molar-refractivity contribution in [2.24, 2.45) is 0 Å². The number of nitrogens with one attached hydrogen (secondary N) is 1. The SMILES string of the molecule is CC(O)(CNC(=O)CCc1ccccc1)CC(=O)O. The van der Waals surface area contributed by atoms with Crippen LogP contribution in [0.1, 0.15) is 25.3 Å². The second kappa shape index (κ2) is 6.89. The zero-order valence-corrected chi connectivity index (χ0v) is 10.9. The maximum Gasteiger partial charge on any atom is 0.306 e. The molecule has 5 heteroatoms. The highest BCUT2D eigenvalue weighted by Crippen LogP contribution is 2.08. The van der Waals surface area contributed by atoms with E-state index in [0.717, 1.165) is 5.56 Å². The van der Waals surface area contributed by atoms with Crippen LogP contribution in [0.4, 0.5) is 0 Å². The van der Waals surface area contributed by atoms with Gasteiger partial charge in [-0.05, 0) is 18.9 Å². The normalized spacial score (nSPS) is 13.6. The molecule has 104 valence electrons. The summed E-state index contributed by atoms with van der Waals surface area (Å²) in [5.41, 5.74) is -0.358. The van der Waals surface area contributed by atoms with Gasteiger partial charge in [-0.15, -0.1) is 0 Å². The Balaban J connectivity index is 2.30. The zero-order valence-electron chi connectivity index (χ0n) is 10.9. The third-order valence-electron chi connectivity index (χ3n) is 2.68. The summed E-state index contributed by atoms with van der Waals surface area (Å²) in [7, 11) is 0. The Bertz CT molecular complexity index is 428. The van der Waals surface area contributed by atoms with Crippen LogP contribution in [0.3, 0.4) is 0 Å².